The molecule has 0 spiro atoms. The molecule has 0 aliphatic carbocycles. The van der Waals surface area contributed by atoms with E-state index in [0.717, 1.165) is 41.0 Å². The normalized spacial score (nSPS) is 10.9. The van der Waals surface area contributed by atoms with E-state index in [0.29, 0.717) is 24.1 Å². The van der Waals surface area contributed by atoms with Crippen molar-refractivity contribution in [1.82, 2.24) is 9.55 Å². The van der Waals surface area contributed by atoms with Crippen LogP contribution in [0.15, 0.2) is 72.8 Å². The summed E-state index contributed by atoms with van der Waals surface area (Å²) >= 11 is 0. The first-order valence-electron chi connectivity index (χ1n) is 12.2. The number of aryl methyl sites for hydroxylation is 3. The van der Waals surface area contributed by atoms with Crippen LogP contribution in [0.25, 0.3) is 11.0 Å². The number of rotatable bonds is 10. The van der Waals surface area contributed by atoms with Crippen molar-refractivity contribution in [2.75, 3.05) is 18.6 Å². The molecule has 8 heteroatoms. The van der Waals surface area contributed by atoms with Crippen molar-refractivity contribution in [3.8, 4) is 0 Å². The van der Waals surface area contributed by atoms with Crippen molar-refractivity contribution in [2.24, 2.45) is 12.8 Å². The predicted molar refractivity (Wildman–Crippen MR) is 145 cm³/mol. The second-order valence-electron chi connectivity index (χ2n) is 8.87. The molecule has 0 bridgehead atoms. The maximum atomic E-state index is 13.6. The van der Waals surface area contributed by atoms with Gasteiger partial charge in [0.15, 0.2) is 0 Å². The number of hydrogen-bond donors (Lipinski definition) is 2. The maximum Gasteiger partial charge on any atom is 0.305 e. The Bertz CT molecular complexity index is 1410. The molecule has 0 fully saturated rings. The van der Waals surface area contributed by atoms with Crippen LogP contribution in [0.4, 0.5) is 5.69 Å². The average Bonchev–Trinajstić information content (AvgIpc) is 3.24. The van der Waals surface area contributed by atoms with Gasteiger partial charge in [-0.25, -0.2) is 4.98 Å². The molecule has 0 aliphatic rings. The Kier molecular flexibility index (Phi) is 7.98. The minimum absolute atomic E-state index is 0.0570. The highest BCUT2D eigenvalue weighted by Crippen LogP contribution is 2.22. The Morgan fingerprint density at radius 3 is 2.38 bits per heavy atom. The third-order valence-electron chi connectivity index (χ3n) is 6.43. The molecule has 4 aromatic rings. The van der Waals surface area contributed by atoms with Gasteiger partial charge in [0.25, 0.3) is 5.91 Å². The van der Waals surface area contributed by atoms with Crippen molar-refractivity contribution < 1.29 is 14.3 Å². The summed E-state index contributed by atoms with van der Waals surface area (Å²) in [5, 5.41) is 7.53. The molecule has 1 heterocycles. The molecule has 0 aliphatic heterocycles. The van der Waals surface area contributed by atoms with Gasteiger partial charge in [-0.1, -0.05) is 42.5 Å². The number of amidine groups is 1. The SMILES string of the molecule is COC(=O)CCCN(C(=O)c1ccc2c(c1)nc(CCc1ccc(C(=N)N)cc1)n2C)c1ccccc1. The number of ether oxygens (including phenoxy) is 1. The number of imidazole rings is 1. The molecule has 0 saturated heterocycles. The molecule has 8 nitrogen and oxygen atoms in total. The van der Waals surface area contributed by atoms with Gasteiger partial charge in [-0.05, 0) is 48.7 Å². The number of nitrogens with one attached hydrogen (secondary N) is 1. The Morgan fingerprint density at radius 2 is 1.70 bits per heavy atom. The van der Waals surface area contributed by atoms with Crippen molar-refractivity contribution in [3.05, 3.63) is 95.3 Å². The highest BCUT2D eigenvalue weighted by molar-refractivity contribution is 6.07. The van der Waals surface area contributed by atoms with Gasteiger partial charge in [0.05, 0.1) is 18.1 Å². The lowest BCUT2D eigenvalue weighted by Crippen LogP contribution is -2.32. The van der Waals surface area contributed by atoms with E-state index >= 15 is 0 Å². The molecule has 0 atom stereocenters. The molecule has 37 heavy (non-hydrogen) atoms. The van der Waals surface area contributed by atoms with Gasteiger partial charge in [-0.2, -0.15) is 0 Å². The van der Waals surface area contributed by atoms with Crippen molar-refractivity contribution >= 4 is 34.4 Å². The van der Waals surface area contributed by atoms with Crippen LogP contribution in [-0.2, 0) is 29.4 Å². The fraction of sp³-hybridized carbons (Fsp3) is 0.241. The lowest BCUT2D eigenvalue weighted by Gasteiger charge is -2.23. The van der Waals surface area contributed by atoms with Crippen LogP contribution in [-0.4, -0.2) is 40.9 Å². The first kappa shape index (κ1) is 25.6. The third kappa shape index (κ3) is 6.03. The molecule has 0 unspecified atom stereocenters. The summed E-state index contributed by atoms with van der Waals surface area (Å²) in [5.41, 5.74) is 10.4. The van der Waals surface area contributed by atoms with E-state index in [1.165, 1.54) is 7.11 Å². The van der Waals surface area contributed by atoms with Gasteiger partial charge < -0.3 is 19.9 Å². The van der Waals surface area contributed by atoms with Crippen LogP contribution in [0.1, 0.15) is 40.2 Å². The van der Waals surface area contributed by atoms with E-state index in [2.05, 4.69) is 4.57 Å². The number of methoxy groups -OCH3 is 1. The smallest absolute Gasteiger partial charge is 0.305 e. The second-order valence-corrected chi connectivity index (χ2v) is 8.87. The summed E-state index contributed by atoms with van der Waals surface area (Å²) in [5.74, 6) is 0.545. The molecule has 190 valence electrons. The number of aromatic nitrogens is 2. The van der Waals surface area contributed by atoms with E-state index in [9.17, 15) is 9.59 Å². The van der Waals surface area contributed by atoms with E-state index in [-0.39, 0.29) is 24.1 Å². The molecule has 1 amide bonds. The van der Waals surface area contributed by atoms with Crippen LogP contribution in [0.2, 0.25) is 0 Å². The largest absolute Gasteiger partial charge is 0.469 e. The van der Waals surface area contributed by atoms with Gasteiger partial charge in [0.1, 0.15) is 11.7 Å². The zero-order chi connectivity index (χ0) is 26.4. The second kappa shape index (κ2) is 11.5. The van der Waals surface area contributed by atoms with Crippen LogP contribution < -0.4 is 10.6 Å². The summed E-state index contributed by atoms with van der Waals surface area (Å²) in [7, 11) is 3.34. The lowest BCUT2D eigenvalue weighted by atomic mass is 10.1. The van der Waals surface area contributed by atoms with Gasteiger partial charge in [-0.15, -0.1) is 0 Å². The molecule has 3 aromatic carbocycles. The Labute approximate surface area is 216 Å². The number of fused-ring (bicyclic) bond motifs is 1. The number of benzene rings is 3. The standard InChI is InChI=1S/C29H31N5O3/c1-33-25-16-15-22(29(36)34(18-6-9-27(35)37-2)23-7-4-3-5-8-23)19-24(25)32-26(33)17-12-20-10-13-21(14-11-20)28(30)31/h3-5,7-8,10-11,13-16,19H,6,9,12,17-18H2,1-2H3,(H3,30,31). The number of nitrogen functional groups attached to an aromatic ring is 1. The number of para-hydroxylation sites is 1. The van der Waals surface area contributed by atoms with Crippen LogP contribution in [0.5, 0.6) is 0 Å². The first-order chi connectivity index (χ1) is 17.9. The summed E-state index contributed by atoms with van der Waals surface area (Å²) in [6.07, 6.45) is 2.27. The van der Waals surface area contributed by atoms with Gasteiger partial charge >= 0.3 is 5.97 Å². The van der Waals surface area contributed by atoms with E-state index in [1.807, 2.05) is 79.8 Å². The van der Waals surface area contributed by atoms with Gasteiger partial charge in [0, 0.05) is 43.2 Å². The number of amides is 1. The van der Waals surface area contributed by atoms with Crippen LogP contribution >= 0.6 is 0 Å². The Morgan fingerprint density at radius 1 is 1.00 bits per heavy atom. The molecule has 4 rings (SSSR count). The highest BCUT2D eigenvalue weighted by atomic mass is 16.5. The van der Waals surface area contributed by atoms with E-state index in [1.54, 1.807) is 4.90 Å². The first-order valence-corrected chi connectivity index (χ1v) is 12.2. The predicted octanol–water partition coefficient (Wildman–Crippen LogP) is 4.24. The summed E-state index contributed by atoms with van der Waals surface area (Å²) in [6, 6.07) is 22.7. The Hall–Kier alpha value is -4.46. The molecular formula is C29H31N5O3. The molecule has 3 N–H and O–H groups in total. The monoisotopic (exact) mass is 497 g/mol. The minimum atomic E-state index is -0.294. The number of anilines is 1. The number of hydrogen-bond acceptors (Lipinski definition) is 5. The van der Waals surface area contributed by atoms with E-state index < -0.39 is 0 Å². The number of nitrogens with two attached hydrogens (primary N) is 1. The van der Waals surface area contributed by atoms with Crippen molar-refractivity contribution in [3.63, 3.8) is 0 Å². The van der Waals surface area contributed by atoms with E-state index in [4.69, 9.17) is 20.9 Å². The number of carbonyl (C=O) groups is 2. The third-order valence-corrected chi connectivity index (χ3v) is 6.43. The molecule has 0 radical (unpaired) electrons. The topological polar surface area (TPSA) is 114 Å². The number of esters is 1. The summed E-state index contributed by atoms with van der Waals surface area (Å²) in [6.45, 7) is 0.395. The van der Waals surface area contributed by atoms with Gasteiger partial charge in [-0.3, -0.25) is 15.0 Å². The fourth-order valence-electron chi connectivity index (χ4n) is 4.31. The zero-order valence-electron chi connectivity index (χ0n) is 21.1. The average molecular weight is 498 g/mol. The van der Waals surface area contributed by atoms with Crippen molar-refractivity contribution in [2.45, 2.75) is 25.7 Å². The quantitative estimate of drug-likeness (QED) is 0.193. The zero-order valence-corrected chi connectivity index (χ0v) is 21.1. The van der Waals surface area contributed by atoms with Gasteiger partial charge in [0.2, 0.25) is 0 Å². The van der Waals surface area contributed by atoms with Crippen LogP contribution in [0.3, 0.4) is 0 Å². The Balaban J connectivity index is 1.53. The summed E-state index contributed by atoms with van der Waals surface area (Å²) < 4.78 is 6.80. The van der Waals surface area contributed by atoms with Crippen LogP contribution in [0, 0.1) is 5.41 Å². The minimum Gasteiger partial charge on any atom is -0.469 e. The highest BCUT2D eigenvalue weighted by Gasteiger charge is 2.20. The lowest BCUT2D eigenvalue weighted by molar-refractivity contribution is -0.140. The number of carbonyl (C=O) groups excluding carboxylic acids is 2. The molecule has 0 saturated carbocycles. The molecular weight excluding hydrogens is 466 g/mol. The maximum absolute atomic E-state index is 13.6. The summed E-state index contributed by atoms with van der Waals surface area (Å²) in [4.78, 5) is 31.7. The fourth-order valence-corrected chi connectivity index (χ4v) is 4.31. The molecule has 1 aromatic heterocycles. The number of nitrogens with zero attached hydrogens (tertiary/aromatic N) is 3. The van der Waals surface area contributed by atoms with Crippen molar-refractivity contribution in [1.29, 1.82) is 5.41 Å².